The number of hydrogen-bond donors (Lipinski definition) is 2. The van der Waals surface area contributed by atoms with Crippen LogP contribution in [0, 0.1) is 0 Å². The normalized spacial score (nSPS) is 12.6. The van der Waals surface area contributed by atoms with E-state index >= 15 is 0 Å². The summed E-state index contributed by atoms with van der Waals surface area (Å²) in [4.78, 5) is 6.60. The Balaban J connectivity index is 0.00000625. The third-order valence-electron chi connectivity index (χ3n) is 4.01. The highest BCUT2D eigenvalue weighted by atomic mass is 127. The Hall–Kier alpha value is -0.900. The highest BCUT2D eigenvalue weighted by Gasteiger charge is 2.10. The Kier molecular flexibility index (Phi) is 15.7. The van der Waals surface area contributed by atoms with Crippen LogP contribution in [-0.4, -0.2) is 71.0 Å². The summed E-state index contributed by atoms with van der Waals surface area (Å²) in [6.45, 7) is 6.85. The first-order chi connectivity index (χ1) is 12.2. The second-order valence-corrected chi connectivity index (χ2v) is 6.09. The van der Waals surface area contributed by atoms with Crippen LogP contribution in [-0.2, 0) is 16.0 Å². The molecule has 1 atom stereocenters. The van der Waals surface area contributed by atoms with Crippen molar-refractivity contribution in [3.05, 3.63) is 35.9 Å². The van der Waals surface area contributed by atoms with Crippen LogP contribution in [0.2, 0.25) is 0 Å². The molecular formula is C19H35IN4O2. The van der Waals surface area contributed by atoms with E-state index in [1.807, 2.05) is 6.07 Å². The smallest absolute Gasteiger partial charge is 0.191 e. The summed E-state index contributed by atoms with van der Waals surface area (Å²) in [5, 5.41) is 6.70. The number of likely N-dealkylation sites (N-methyl/N-ethyl adjacent to an activating group) is 1. The molecule has 1 rings (SSSR count). The zero-order valence-electron chi connectivity index (χ0n) is 16.5. The van der Waals surface area contributed by atoms with Crippen LogP contribution >= 0.6 is 24.0 Å². The molecule has 1 unspecified atom stereocenters. The summed E-state index contributed by atoms with van der Waals surface area (Å²) >= 11 is 0. The predicted molar refractivity (Wildman–Crippen MR) is 119 cm³/mol. The molecule has 0 aliphatic carbocycles. The van der Waals surface area contributed by atoms with E-state index < -0.39 is 0 Å². The van der Waals surface area contributed by atoms with Gasteiger partial charge in [-0.05, 0) is 26.0 Å². The van der Waals surface area contributed by atoms with Crippen molar-refractivity contribution in [3.63, 3.8) is 0 Å². The van der Waals surface area contributed by atoms with Crippen molar-refractivity contribution < 1.29 is 9.47 Å². The van der Waals surface area contributed by atoms with Crippen molar-refractivity contribution in [3.8, 4) is 0 Å². The number of rotatable bonds is 12. The third-order valence-corrected chi connectivity index (χ3v) is 4.01. The summed E-state index contributed by atoms with van der Waals surface area (Å²) in [6, 6.07) is 10.9. The number of ether oxygens (including phenoxy) is 2. The van der Waals surface area contributed by atoms with Gasteiger partial charge in [-0.25, -0.2) is 0 Å². The molecule has 0 saturated carbocycles. The van der Waals surface area contributed by atoms with Gasteiger partial charge in [0.2, 0.25) is 0 Å². The van der Waals surface area contributed by atoms with E-state index in [0.717, 1.165) is 38.6 Å². The number of hydrogen-bond acceptors (Lipinski definition) is 4. The summed E-state index contributed by atoms with van der Waals surface area (Å²) < 4.78 is 10.4. The minimum absolute atomic E-state index is 0. The van der Waals surface area contributed by atoms with Crippen molar-refractivity contribution in [2.24, 2.45) is 4.99 Å². The van der Waals surface area contributed by atoms with E-state index in [9.17, 15) is 0 Å². The van der Waals surface area contributed by atoms with Gasteiger partial charge >= 0.3 is 0 Å². The summed E-state index contributed by atoms with van der Waals surface area (Å²) in [5.41, 5.74) is 1.33. The molecule has 0 aliphatic heterocycles. The van der Waals surface area contributed by atoms with Crippen molar-refractivity contribution in [2.75, 3.05) is 54.1 Å². The standard InChI is InChI=1S/C19H34N4O2.HI/c1-17(23(3)16-18-9-6-5-7-10-18)15-22-19(20-2)21-11-8-12-25-14-13-24-4;/h5-7,9-10,17H,8,11-16H2,1-4H3,(H2,20,21,22);1H. The molecule has 0 heterocycles. The Labute approximate surface area is 175 Å². The highest BCUT2D eigenvalue weighted by molar-refractivity contribution is 14.0. The van der Waals surface area contributed by atoms with Crippen molar-refractivity contribution >= 4 is 29.9 Å². The van der Waals surface area contributed by atoms with Gasteiger partial charge in [0.15, 0.2) is 5.96 Å². The quantitative estimate of drug-likeness (QED) is 0.209. The molecule has 0 radical (unpaired) electrons. The first-order valence-corrected chi connectivity index (χ1v) is 8.92. The first kappa shape index (κ1) is 25.1. The van der Waals surface area contributed by atoms with Gasteiger partial charge in [0.1, 0.15) is 0 Å². The van der Waals surface area contributed by atoms with Gasteiger partial charge in [-0.1, -0.05) is 30.3 Å². The Bertz CT molecular complexity index is 474. The van der Waals surface area contributed by atoms with E-state index in [-0.39, 0.29) is 24.0 Å². The summed E-state index contributed by atoms with van der Waals surface area (Å²) in [7, 11) is 5.62. The van der Waals surface area contributed by atoms with Gasteiger partial charge < -0.3 is 20.1 Å². The zero-order chi connectivity index (χ0) is 18.3. The van der Waals surface area contributed by atoms with Gasteiger partial charge in [0.25, 0.3) is 0 Å². The lowest BCUT2D eigenvalue weighted by Crippen LogP contribution is -2.45. The molecule has 0 fully saturated rings. The SMILES string of the molecule is CN=C(NCCCOCCOC)NCC(C)N(C)Cc1ccccc1.I. The lowest BCUT2D eigenvalue weighted by Gasteiger charge is -2.25. The maximum Gasteiger partial charge on any atom is 0.191 e. The van der Waals surface area contributed by atoms with Gasteiger partial charge in [-0.3, -0.25) is 9.89 Å². The van der Waals surface area contributed by atoms with Crippen LogP contribution in [0.5, 0.6) is 0 Å². The maximum atomic E-state index is 5.44. The molecule has 2 N–H and O–H groups in total. The van der Waals surface area contributed by atoms with Crippen LogP contribution < -0.4 is 10.6 Å². The molecule has 0 amide bonds. The average Bonchev–Trinajstić information content (AvgIpc) is 2.64. The van der Waals surface area contributed by atoms with Crippen molar-refractivity contribution in [2.45, 2.75) is 25.9 Å². The van der Waals surface area contributed by atoms with Crippen LogP contribution in [0.15, 0.2) is 35.3 Å². The molecule has 0 aliphatic rings. The molecule has 0 saturated heterocycles. The van der Waals surface area contributed by atoms with E-state index in [1.165, 1.54) is 5.56 Å². The Morgan fingerprint density at radius 3 is 2.54 bits per heavy atom. The summed E-state index contributed by atoms with van der Waals surface area (Å²) in [6.07, 6.45) is 0.938. The predicted octanol–water partition coefficient (Wildman–Crippen LogP) is 2.34. The van der Waals surface area contributed by atoms with Gasteiger partial charge in [-0.15, -0.1) is 24.0 Å². The molecule has 0 aromatic heterocycles. The molecule has 26 heavy (non-hydrogen) atoms. The molecule has 1 aromatic rings. The highest BCUT2D eigenvalue weighted by Crippen LogP contribution is 2.05. The van der Waals surface area contributed by atoms with E-state index in [1.54, 1.807) is 14.2 Å². The Morgan fingerprint density at radius 2 is 1.88 bits per heavy atom. The minimum atomic E-state index is 0. The third kappa shape index (κ3) is 11.7. The topological polar surface area (TPSA) is 58.1 Å². The summed E-state index contributed by atoms with van der Waals surface area (Å²) in [5.74, 6) is 0.830. The number of benzene rings is 1. The minimum Gasteiger partial charge on any atom is -0.382 e. The number of aliphatic imine (C=N–C) groups is 1. The van der Waals surface area contributed by atoms with Crippen molar-refractivity contribution in [1.29, 1.82) is 0 Å². The van der Waals surface area contributed by atoms with Crippen LogP contribution in [0.4, 0.5) is 0 Å². The van der Waals surface area contributed by atoms with Gasteiger partial charge in [0.05, 0.1) is 13.2 Å². The number of nitrogens with zero attached hydrogens (tertiary/aromatic N) is 2. The maximum absolute atomic E-state index is 5.44. The van der Waals surface area contributed by atoms with E-state index in [4.69, 9.17) is 9.47 Å². The number of guanidine groups is 1. The van der Waals surface area contributed by atoms with E-state index in [0.29, 0.717) is 19.3 Å². The van der Waals surface area contributed by atoms with Gasteiger partial charge in [-0.2, -0.15) is 0 Å². The van der Waals surface area contributed by atoms with Crippen LogP contribution in [0.1, 0.15) is 18.9 Å². The molecule has 6 nitrogen and oxygen atoms in total. The molecule has 1 aromatic carbocycles. The Morgan fingerprint density at radius 1 is 1.15 bits per heavy atom. The largest absolute Gasteiger partial charge is 0.382 e. The lowest BCUT2D eigenvalue weighted by molar-refractivity contribution is 0.0698. The average molecular weight is 478 g/mol. The van der Waals surface area contributed by atoms with Crippen LogP contribution in [0.3, 0.4) is 0 Å². The zero-order valence-corrected chi connectivity index (χ0v) is 18.9. The number of nitrogens with one attached hydrogen (secondary N) is 2. The number of halogens is 1. The second-order valence-electron chi connectivity index (χ2n) is 6.09. The lowest BCUT2D eigenvalue weighted by atomic mass is 10.2. The van der Waals surface area contributed by atoms with Crippen LogP contribution in [0.25, 0.3) is 0 Å². The molecule has 7 heteroatoms. The fourth-order valence-electron chi connectivity index (χ4n) is 2.27. The van der Waals surface area contributed by atoms with E-state index in [2.05, 4.69) is 58.8 Å². The monoisotopic (exact) mass is 478 g/mol. The molecule has 0 spiro atoms. The molecular weight excluding hydrogens is 443 g/mol. The first-order valence-electron chi connectivity index (χ1n) is 8.92. The second kappa shape index (κ2) is 16.3. The fraction of sp³-hybridized carbons (Fsp3) is 0.632. The molecule has 0 bridgehead atoms. The van der Waals surface area contributed by atoms with Crippen molar-refractivity contribution in [1.82, 2.24) is 15.5 Å². The number of methoxy groups -OCH3 is 1. The van der Waals surface area contributed by atoms with Gasteiger partial charge in [0, 0.05) is 46.4 Å². The fourth-order valence-corrected chi connectivity index (χ4v) is 2.27. The molecule has 150 valence electrons.